The lowest BCUT2D eigenvalue weighted by atomic mass is 10.1. The molecule has 0 N–H and O–H groups in total. The van der Waals surface area contributed by atoms with Gasteiger partial charge in [0.15, 0.2) is 13.8 Å². The number of aryl methyl sites for hydroxylation is 1. The maximum absolute atomic E-state index is 13.3. The van der Waals surface area contributed by atoms with Crippen molar-refractivity contribution in [2.45, 2.75) is 139 Å². The summed E-state index contributed by atoms with van der Waals surface area (Å²) in [5.74, 6) is 0. The minimum absolute atomic E-state index is 0.172. The molecule has 0 aromatic heterocycles. The standard InChI is InChI=1S/C28H50O6SSi2/c1-12-36(13-2,20(3)4)33-25-19-31-37(27(6,7)8,28(9,10)11)34-23(25)18-24-26(32-24)35(29,30)22-16-14-21(5)15-17-22/h14-17,20,23-26H,12-13,18-19H2,1-11H3/t23-,24?,25+,26?/m0/s1. The Hall–Kier alpha value is -0.556. The molecule has 0 aliphatic carbocycles. The molecule has 1 aromatic carbocycles. The maximum atomic E-state index is 13.3. The van der Waals surface area contributed by atoms with E-state index in [1.807, 2.05) is 19.1 Å². The summed E-state index contributed by atoms with van der Waals surface area (Å²) in [4.78, 5) is 0.308. The molecule has 4 atom stereocenters. The predicted molar refractivity (Wildman–Crippen MR) is 154 cm³/mol. The summed E-state index contributed by atoms with van der Waals surface area (Å²) in [6.07, 6.45) is -0.428. The van der Waals surface area contributed by atoms with Crippen molar-refractivity contribution < 1.29 is 26.4 Å². The van der Waals surface area contributed by atoms with Gasteiger partial charge in [-0.1, -0.05) is 86.9 Å². The van der Waals surface area contributed by atoms with Gasteiger partial charge in [-0.05, 0) is 36.7 Å². The predicted octanol–water partition coefficient (Wildman–Crippen LogP) is 7.12. The summed E-state index contributed by atoms with van der Waals surface area (Å²) >= 11 is 0. The highest BCUT2D eigenvalue weighted by Crippen LogP contribution is 2.55. The normalized spacial score (nSPS) is 26.9. The number of hydrogen-bond donors (Lipinski definition) is 0. The zero-order valence-corrected chi connectivity index (χ0v) is 27.7. The van der Waals surface area contributed by atoms with Crippen LogP contribution in [-0.2, 0) is 27.9 Å². The van der Waals surface area contributed by atoms with Crippen molar-refractivity contribution in [3.05, 3.63) is 29.8 Å². The molecule has 1 aromatic rings. The molecule has 3 rings (SSSR count). The first-order chi connectivity index (χ1) is 16.9. The third-order valence-electron chi connectivity index (χ3n) is 8.45. The monoisotopic (exact) mass is 570 g/mol. The molecule has 6 nitrogen and oxygen atoms in total. The van der Waals surface area contributed by atoms with Gasteiger partial charge < -0.3 is 18.0 Å². The van der Waals surface area contributed by atoms with E-state index >= 15 is 0 Å². The molecule has 2 aliphatic rings. The fraction of sp³-hybridized carbons (Fsp3) is 0.786. The van der Waals surface area contributed by atoms with Crippen molar-refractivity contribution in [1.82, 2.24) is 0 Å². The lowest BCUT2D eigenvalue weighted by Gasteiger charge is -2.55. The Morgan fingerprint density at radius 2 is 1.54 bits per heavy atom. The van der Waals surface area contributed by atoms with Crippen LogP contribution in [0.25, 0.3) is 0 Å². The molecule has 0 radical (unpaired) electrons. The highest BCUT2D eigenvalue weighted by atomic mass is 32.2. The highest BCUT2D eigenvalue weighted by molar-refractivity contribution is 7.92. The number of ether oxygens (including phenoxy) is 1. The Labute approximate surface area is 228 Å². The first-order valence-corrected chi connectivity index (χ1v) is 19.7. The highest BCUT2D eigenvalue weighted by Gasteiger charge is 2.63. The van der Waals surface area contributed by atoms with E-state index in [9.17, 15) is 8.42 Å². The summed E-state index contributed by atoms with van der Waals surface area (Å²) in [5.41, 5.74) is 0.648. The Bertz CT molecular complexity index is 1010. The summed E-state index contributed by atoms with van der Waals surface area (Å²) in [5, 5.41) is -0.345. The van der Waals surface area contributed by atoms with Crippen molar-refractivity contribution in [2.24, 2.45) is 0 Å². The molecule has 0 spiro atoms. The van der Waals surface area contributed by atoms with Gasteiger partial charge >= 0.3 is 8.56 Å². The van der Waals surface area contributed by atoms with Crippen molar-refractivity contribution in [1.29, 1.82) is 0 Å². The molecule has 9 heteroatoms. The number of sulfone groups is 1. The van der Waals surface area contributed by atoms with Crippen LogP contribution in [0.5, 0.6) is 0 Å². The average Bonchev–Trinajstić information content (AvgIpc) is 3.57. The summed E-state index contributed by atoms with van der Waals surface area (Å²) in [7, 11) is -8.37. The molecule has 2 fully saturated rings. The van der Waals surface area contributed by atoms with E-state index in [0.717, 1.165) is 17.7 Å². The molecule has 2 saturated heterocycles. The molecular weight excluding hydrogens is 521 g/mol. The molecule has 2 unspecified atom stereocenters. The van der Waals surface area contributed by atoms with Crippen LogP contribution < -0.4 is 0 Å². The van der Waals surface area contributed by atoms with Crippen molar-refractivity contribution in [3.8, 4) is 0 Å². The van der Waals surface area contributed by atoms with Crippen LogP contribution in [0.15, 0.2) is 29.2 Å². The molecular formula is C28H50O6SSi2. The van der Waals surface area contributed by atoms with E-state index in [1.54, 1.807) is 12.1 Å². The van der Waals surface area contributed by atoms with Gasteiger partial charge in [0.05, 0.1) is 23.7 Å². The van der Waals surface area contributed by atoms with Crippen molar-refractivity contribution >= 4 is 26.7 Å². The number of epoxide rings is 1. The minimum Gasteiger partial charge on any atom is -0.409 e. The third kappa shape index (κ3) is 5.98. The van der Waals surface area contributed by atoms with Crippen LogP contribution in [0.1, 0.15) is 81.2 Å². The Balaban J connectivity index is 1.91. The summed E-state index contributed by atoms with van der Waals surface area (Å²) in [6.45, 7) is 24.6. The number of hydrogen-bond acceptors (Lipinski definition) is 6. The fourth-order valence-electron chi connectivity index (χ4n) is 6.18. The van der Waals surface area contributed by atoms with Gasteiger partial charge in [0.1, 0.15) is 6.10 Å². The first-order valence-electron chi connectivity index (χ1n) is 13.9. The van der Waals surface area contributed by atoms with Gasteiger partial charge in [-0.15, -0.1) is 0 Å². The van der Waals surface area contributed by atoms with Gasteiger partial charge in [0, 0.05) is 16.5 Å². The average molecular weight is 571 g/mol. The van der Waals surface area contributed by atoms with Gasteiger partial charge in [-0.25, -0.2) is 8.42 Å². The Morgan fingerprint density at radius 1 is 1.00 bits per heavy atom. The van der Waals surface area contributed by atoms with E-state index < -0.39 is 38.3 Å². The van der Waals surface area contributed by atoms with Crippen molar-refractivity contribution in [2.75, 3.05) is 6.61 Å². The topological polar surface area (TPSA) is 74.4 Å². The maximum Gasteiger partial charge on any atom is 0.349 e. The largest absolute Gasteiger partial charge is 0.409 e. The Kier molecular flexibility index (Phi) is 9.03. The van der Waals surface area contributed by atoms with E-state index in [2.05, 4.69) is 69.2 Å². The fourth-order valence-corrected chi connectivity index (χ4v) is 16.3. The van der Waals surface area contributed by atoms with E-state index in [4.69, 9.17) is 18.0 Å². The quantitative estimate of drug-likeness (QED) is 0.232. The van der Waals surface area contributed by atoms with Gasteiger partial charge in [-0.3, -0.25) is 0 Å². The zero-order chi connectivity index (χ0) is 28.0. The second-order valence-electron chi connectivity index (χ2n) is 13.3. The van der Waals surface area contributed by atoms with E-state index in [-0.39, 0.29) is 22.3 Å². The number of rotatable bonds is 9. The lowest BCUT2D eigenvalue weighted by molar-refractivity contribution is -0.0730. The van der Waals surface area contributed by atoms with Crippen LogP contribution in [0.2, 0.25) is 27.7 Å². The van der Waals surface area contributed by atoms with Crippen LogP contribution in [0.4, 0.5) is 0 Å². The first kappa shape index (κ1) is 31.0. The molecule has 212 valence electrons. The SMILES string of the molecule is CC[Si](CC)(O[C@@H]1CO[Si](C(C)(C)C)(C(C)(C)C)O[C@H]1CC1OC1S(=O)(=O)c1ccc(C)cc1)C(C)C. The van der Waals surface area contributed by atoms with Crippen LogP contribution >= 0.6 is 0 Å². The zero-order valence-electron chi connectivity index (χ0n) is 24.9. The van der Waals surface area contributed by atoms with Gasteiger partial charge in [-0.2, -0.15) is 0 Å². The van der Waals surface area contributed by atoms with Gasteiger partial charge in [0.25, 0.3) is 0 Å². The van der Waals surface area contributed by atoms with Crippen LogP contribution in [-0.4, -0.2) is 55.7 Å². The molecule has 37 heavy (non-hydrogen) atoms. The molecule has 0 amide bonds. The second kappa shape index (κ2) is 10.8. The summed E-state index contributed by atoms with van der Waals surface area (Å²) in [6, 6.07) is 9.04. The molecule has 2 heterocycles. The summed E-state index contributed by atoms with van der Waals surface area (Å²) < 4.78 is 53.3. The van der Waals surface area contributed by atoms with Crippen molar-refractivity contribution in [3.63, 3.8) is 0 Å². The minimum atomic E-state index is -3.57. The van der Waals surface area contributed by atoms with Crippen LogP contribution in [0.3, 0.4) is 0 Å². The Morgan fingerprint density at radius 3 is 2.00 bits per heavy atom. The second-order valence-corrected chi connectivity index (χ2v) is 25.0. The smallest absolute Gasteiger partial charge is 0.349 e. The molecule has 0 saturated carbocycles. The lowest BCUT2D eigenvalue weighted by Crippen LogP contribution is -2.66. The van der Waals surface area contributed by atoms with Gasteiger partial charge in [0.2, 0.25) is 9.84 Å². The van der Waals surface area contributed by atoms with E-state index in [0.29, 0.717) is 23.5 Å². The van der Waals surface area contributed by atoms with Crippen LogP contribution in [0, 0.1) is 6.92 Å². The molecule has 0 bridgehead atoms. The van der Waals surface area contributed by atoms with E-state index in [1.165, 1.54) is 0 Å². The third-order valence-corrected chi connectivity index (χ3v) is 20.8. The number of benzene rings is 1. The molecule has 2 aliphatic heterocycles.